The lowest BCUT2D eigenvalue weighted by atomic mass is 9.99. The number of hydrogen-bond donors (Lipinski definition) is 3. The second kappa shape index (κ2) is 9.66. The van der Waals surface area contributed by atoms with Gasteiger partial charge >= 0.3 is 0 Å². The van der Waals surface area contributed by atoms with Crippen molar-refractivity contribution in [3.05, 3.63) is 34.4 Å². The van der Waals surface area contributed by atoms with Gasteiger partial charge in [0.2, 0.25) is 15.9 Å². The summed E-state index contributed by atoms with van der Waals surface area (Å²) in [4.78, 5) is 21.8. The summed E-state index contributed by atoms with van der Waals surface area (Å²) in [7, 11) is -3.86. The highest BCUT2D eigenvalue weighted by molar-refractivity contribution is 7.89. The van der Waals surface area contributed by atoms with Crippen LogP contribution in [0.4, 0.5) is 5.69 Å². The van der Waals surface area contributed by atoms with Crippen LogP contribution in [-0.2, 0) is 14.8 Å². The standard InChI is InChI=1S/C14H20N4O5S.ClH/c19-14(11-3-2-6-15-10-11)16-7-8-17-24(22,23)13-5-1-4-12(9-13)18(20)21;/h1,4-5,9,11,15,17H,2-3,6-8,10H2,(H,16,19);1H. The molecule has 1 atom stereocenters. The maximum Gasteiger partial charge on any atom is 0.270 e. The molecule has 1 unspecified atom stereocenters. The van der Waals surface area contributed by atoms with E-state index in [1.165, 1.54) is 18.2 Å². The maximum absolute atomic E-state index is 12.1. The van der Waals surface area contributed by atoms with Crippen LogP contribution in [0, 0.1) is 16.0 Å². The number of benzene rings is 1. The summed E-state index contributed by atoms with van der Waals surface area (Å²) in [5, 5.41) is 16.5. The van der Waals surface area contributed by atoms with Crippen LogP contribution in [0.3, 0.4) is 0 Å². The lowest BCUT2D eigenvalue weighted by Gasteiger charge is -2.21. The van der Waals surface area contributed by atoms with Crippen molar-refractivity contribution in [2.24, 2.45) is 5.92 Å². The summed E-state index contributed by atoms with van der Waals surface area (Å²) in [6.07, 6.45) is 1.76. The molecule has 3 N–H and O–H groups in total. The molecule has 0 radical (unpaired) electrons. The second-order valence-corrected chi connectivity index (χ2v) is 7.25. The van der Waals surface area contributed by atoms with Crippen molar-refractivity contribution >= 4 is 34.0 Å². The number of hydrogen-bond acceptors (Lipinski definition) is 6. The Bertz CT molecular complexity index is 707. The van der Waals surface area contributed by atoms with Gasteiger partial charge in [-0.1, -0.05) is 6.07 Å². The largest absolute Gasteiger partial charge is 0.355 e. The first-order valence-electron chi connectivity index (χ1n) is 7.63. The Labute approximate surface area is 152 Å². The third-order valence-electron chi connectivity index (χ3n) is 3.72. The van der Waals surface area contributed by atoms with Gasteiger partial charge in [-0.05, 0) is 25.5 Å². The van der Waals surface area contributed by atoms with Gasteiger partial charge in [0.05, 0.1) is 15.7 Å². The highest BCUT2D eigenvalue weighted by Gasteiger charge is 2.21. The average molecular weight is 393 g/mol. The number of nitro benzene ring substituents is 1. The molecule has 9 nitrogen and oxygen atoms in total. The number of non-ortho nitro benzene ring substituents is 1. The number of piperidine rings is 1. The zero-order chi connectivity index (χ0) is 17.6. The zero-order valence-electron chi connectivity index (χ0n) is 13.4. The van der Waals surface area contributed by atoms with Gasteiger partial charge in [-0.3, -0.25) is 14.9 Å². The second-order valence-electron chi connectivity index (χ2n) is 5.49. The molecule has 11 heteroatoms. The van der Waals surface area contributed by atoms with E-state index in [0.29, 0.717) is 6.54 Å². The molecule has 0 aliphatic carbocycles. The molecule has 1 aromatic rings. The fourth-order valence-electron chi connectivity index (χ4n) is 2.44. The molecule has 25 heavy (non-hydrogen) atoms. The number of rotatable bonds is 7. The first-order valence-corrected chi connectivity index (χ1v) is 9.11. The van der Waals surface area contributed by atoms with Crippen LogP contribution in [-0.4, -0.2) is 45.4 Å². The van der Waals surface area contributed by atoms with Gasteiger partial charge in [-0.25, -0.2) is 13.1 Å². The molecule has 0 saturated carbocycles. The third-order valence-corrected chi connectivity index (χ3v) is 5.18. The third kappa shape index (κ3) is 6.24. The lowest BCUT2D eigenvalue weighted by molar-refractivity contribution is -0.385. The van der Waals surface area contributed by atoms with E-state index in [9.17, 15) is 23.3 Å². The van der Waals surface area contributed by atoms with Crippen LogP contribution in [0.25, 0.3) is 0 Å². The van der Waals surface area contributed by atoms with Gasteiger partial charge in [0.15, 0.2) is 0 Å². The molecular weight excluding hydrogens is 372 g/mol. The number of halogens is 1. The molecule has 2 rings (SSSR count). The summed E-state index contributed by atoms with van der Waals surface area (Å²) in [6, 6.07) is 4.80. The van der Waals surface area contributed by atoms with Crippen LogP contribution < -0.4 is 15.4 Å². The number of amides is 1. The number of nitro groups is 1. The summed E-state index contributed by atoms with van der Waals surface area (Å²) in [5.74, 6) is -0.191. The van der Waals surface area contributed by atoms with Crippen molar-refractivity contribution in [3.63, 3.8) is 0 Å². The van der Waals surface area contributed by atoms with Crippen molar-refractivity contribution in [2.75, 3.05) is 26.2 Å². The highest BCUT2D eigenvalue weighted by atomic mass is 35.5. The molecule has 0 aromatic heterocycles. The Hall–Kier alpha value is -1.75. The van der Waals surface area contributed by atoms with Crippen molar-refractivity contribution < 1.29 is 18.1 Å². The summed E-state index contributed by atoms with van der Waals surface area (Å²) < 4.78 is 26.5. The van der Waals surface area contributed by atoms with E-state index in [4.69, 9.17) is 0 Å². The summed E-state index contributed by atoms with van der Waals surface area (Å²) in [5.41, 5.74) is -0.295. The van der Waals surface area contributed by atoms with Gasteiger partial charge in [-0.2, -0.15) is 0 Å². The minimum Gasteiger partial charge on any atom is -0.355 e. The van der Waals surface area contributed by atoms with Gasteiger partial charge in [0.1, 0.15) is 0 Å². The fraction of sp³-hybridized carbons (Fsp3) is 0.500. The molecule has 1 saturated heterocycles. The van der Waals surface area contributed by atoms with Crippen LogP contribution >= 0.6 is 12.4 Å². The Morgan fingerprint density at radius 1 is 1.36 bits per heavy atom. The molecule has 0 spiro atoms. The molecule has 1 heterocycles. The van der Waals surface area contributed by atoms with Gasteiger partial charge in [-0.15, -0.1) is 12.4 Å². The van der Waals surface area contributed by atoms with E-state index in [2.05, 4.69) is 15.4 Å². The zero-order valence-corrected chi connectivity index (χ0v) is 15.1. The van der Waals surface area contributed by atoms with Gasteiger partial charge in [0, 0.05) is 31.8 Å². The van der Waals surface area contributed by atoms with E-state index < -0.39 is 14.9 Å². The molecule has 1 aliphatic rings. The predicted molar refractivity (Wildman–Crippen MR) is 94.1 cm³/mol. The lowest BCUT2D eigenvalue weighted by Crippen LogP contribution is -2.42. The Morgan fingerprint density at radius 2 is 2.12 bits per heavy atom. The first-order chi connectivity index (χ1) is 11.4. The molecule has 1 aromatic carbocycles. The quantitative estimate of drug-likeness (QED) is 0.350. The maximum atomic E-state index is 12.1. The number of carbonyl (C=O) groups is 1. The van der Waals surface area contributed by atoms with Gasteiger partial charge < -0.3 is 10.6 Å². The van der Waals surface area contributed by atoms with E-state index in [1.54, 1.807) is 0 Å². The average Bonchev–Trinajstić information content (AvgIpc) is 2.59. The number of nitrogens with zero attached hydrogens (tertiary/aromatic N) is 1. The normalized spacial score (nSPS) is 17.4. The summed E-state index contributed by atoms with van der Waals surface area (Å²) in [6.45, 7) is 1.71. The predicted octanol–water partition coefficient (Wildman–Crippen LogP) is 0.411. The minimum atomic E-state index is -3.86. The van der Waals surface area contributed by atoms with Crippen LogP contribution in [0.1, 0.15) is 12.8 Å². The molecule has 0 bridgehead atoms. The van der Waals surface area contributed by atoms with Crippen LogP contribution in [0.15, 0.2) is 29.2 Å². The van der Waals surface area contributed by atoms with Crippen molar-refractivity contribution in [1.29, 1.82) is 0 Å². The van der Waals surface area contributed by atoms with E-state index >= 15 is 0 Å². The monoisotopic (exact) mass is 392 g/mol. The van der Waals surface area contributed by atoms with Gasteiger partial charge in [0.25, 0.3) is 5.69 Å². The Balaban J connectivity index is 0.00000312. The molecular formula is C14H21ClN4O5S. The SMILES string of the molecule is Cl.O=C(NCCNS(=O)(=O)c1cccc([N+](=O)[O-])c1)C1CCCNC1. The topological polar surface area (TPSA) is 130 Å². The van der Waals surface area contributed by atoms with Crippen molar-refractivity contribution in [3.8, 4) is 0 Å². The van der Waals surface area contributed by atoms with Crippen molar-refractivity contribution in [2.45, 2.75) is 17.7 Å². The highest BCUT2D eigenvalue weighted by Crippen LogP contribution is 2.16. The first kappa shape index (κ1) is 21.3. The van der Waals surface area contributed by atoms with E-state index in [1.807, 2.05) is 0 Å². The Morgan fingerprint density at radius 3 is 2.76 bits per heavy atom. The molecule has 1 aliphatic heterocycles. The van der Waals surface area contributed by atoms with Crippen LogP contribution in [0.5, 0.6) is 0 Å². The fourth-order valence-corrected chi connectivity index (χ4v) is 3.51. The summed E-state index contributed by atoms with van der Waals surface area (Å²) >= 11 is 0. The molecule has 1 fully saturated rings. The smallest absolute Gasteiger partial charge is 0.270 e. The number of sulfonamides is 1. The van der Waals surface area contributed by atoms with E-state index in [-0.39, 0.29) is 47.9 Å². The number of carbonyl (C=O) groups excluding carboxylic acids is 1. The van der Waals surface area contributed by atoms with Crippen LogP contribution in [0.2, 0.25) is 0 Å². The van der Waals surface area contributed by atoms with Crippen molar-refractivity contribution in [1.82, 2.24) is 15.4 Å². The molecule has 1 amide bonds. The minimum absolute atomic E-state index is 0. The Kier molecular flexibility index (Phi) is 8.23. The number of nitrogens with one attached hydrogen (secondary N) is 3. The molecule has 140 valence electrons. The van der Waals surface area contributed by atoms with E-state index in [0.717, 1.165) is 25.5 Å².